The number of hydrogen-bond acceptors (Lipinski definition) is 16. The minimum Gasteiger partial charge on any atom is -0.496 e. The number of methoxy groups -OCH3 is 2. The third-order valence-corrected chi connectivity index (χ3v) is 14.8. The molecular weight excluding hydrogens is 983 g/mol. The van der Waals surface area contributed by atoms with E-state index in [0.29, 0.717) is 32.1 Å². The van der Waals surface area contributed by atoms with Gasteiger partial charge in [-0.15, -0.1) is 9.59 Å². The van der Waals surface area contributed by atoms with Gasteiger partial charge in [0, 0.05) is 28.7 Å². The summed E-state index contributed by atoms with van der Waals surface area (Å²) in [5.74, 6) is -2.41. The fourth-order valence-electron chi connectivity index (χ4n) is 8.23. The first-order valence-corrected chi connectivity index (χ1v) is 23.8. The molecule has 0 radical (unpaired) electrons. The van der Waals surface area contributed by atoms with Crippen LogP contribution in [-0.4, -0.2) is 89.5 Å². The summed E-state index contributed by atoms with van der Waals surface area (Å²) in [4.78, 5) is 82.8. The fraction of sp³-hybridized carbons (Fsp3) is 0.362. The first-order chi connectivity index (χ1) is 34.0. The van der Waals surface area contributed by atoms with Crippen LogP contribution in [0, 0.1) is 25.5 Å². The number of rotatable bonds is 16. The Bertz CT molecular complexity index is 3610. The Kier molecular flexibility index (Phi) is 14.8. The predicted molar refractivity (Wildman–Crippen MR) is 262 cm³/mol. The van der Waals surface area contributed by atoms with Gasteiger partial charge in [-0.2, -0.15) is 20.4 Å². The second-order valence-corrected chi connectivity index (χ2v) is 19.5. The zero-order valence-corrected chi connectivity index (χ0v) is 42.0. The number of aliphatic carboxylic acids is 1. The highest BCUT2D eigenvalue weighted by atomic mass is 32.1. The van der Waals surface area contributed by atoms with Crippen LogP contribution in [0.4, 0.5) is 8.78 Å². The smallest absolute Gasteiger partial charge is 0.333 e. The summed E-state index contributed by atoms with van der Waals surface area (Å²) in [5, 5.41) is 49.6. The summed E-state index contributed by atoms with van der Waals surface area (Å²) in [6.07, 6.45) is 3.83. The Morgan fingerprint density at radius 1 is 0.667 bits per heavy atom. The van der Waals surface area contributed by atoms with Crippen LogP contribution in [-0.2, 0) is 33.8 Å². The topological polar surface area (TPSA) is 263 Å². The molecule has 0 aliphatic heterocycles. The van der Waals surface area contributed by atoms with Gasteiger partial charge >= 0.3 is 17.3 Å². The molecular formula is C47H50F2N10O11S2. The fourth-order valence-corrected chi connectivity index (χ4v) is 10.7. The van der Waals surface area contributed by atoms with Gasteiger partial charge in [0.25, 0.3) is 11.1 Å². The molecule has 0 amide bonds. The number of fused-ring (bicyclic) bond motifs is 2. The molecule has 6 heterocycles. The van der Waals surface area contributed by atoms with Gasteiger partial charge in [0.1, 0.15) is 66.1 Å². The second-order valence-electron chi connectivity index (χ2n) is 17.5. The normalized spacial score (nSPS) is 12.7. The van der Waals surface area contributed by atoms with Crippen molar-refractivity contribution in [1.29, 1.82) is 0 Å². The van der Waals surface area contributed by atoms with Gasteiger partial charge in [-0.25, -0.2) is 32.3 Å². The molecule has 0 unspecified atom stereocenters. The largest absolute Gasteiger partial charge is 0.496 e. The number of thiophene rings is 2. The number of carbonyl (C=O) groups excluding carboxylic acids is 1. The maximum absolute atomic E-state index is 14.0. The lowest BCUT2D eigenvalue weighted by Crippen LogP contribution is -2.52. The van der Waals surface area contributed by atoms with Gasteiger partial charge < -0.3 is 24.8 Å². The first kappa shape index (κ1) is 52.3. The highest BCUT2D eigenvalue weighted by molar-refractivity contribution is 7.21. The summed E-state index contributed by atoms with van der Waals surface area (Å²) in [5.41, 5.74) is -5.26. The lowest BCUT2D eigenvalue weighted by molar-refractivity contribution is -0.146. The lowest BCUT2D eigenvalue weighted by Gasteiger charge is -2.27. The molecule has 380 valence electrons. The Balaban J connectivity index is 0.000000212. The third kappa shape index (κ3) is 9.30. The Morgan fingerprint density at radius 2 is 1.04 bits per heavy atom. The van der Waals surface area contributed by atoms with Crippen molar-refractivity contribution in [3.05, 3.63) is 137 Å². The van der Waals surface area contributed by atoms with E-state index < -0.39 is 69.9 Å². The molecule has 8 aromatic rings. The monoisotopic (exact) mass is 1030 g/mol. The van der Waals surface area contributed by atoms with E-state index in [-0.39, 0.29) is 61.8 Å². The lowest BCUT2D eigenvalue weighted by atomic mass is 9.95. The van der Waals surface area contributed by atoms with Crippen molar-refractivity contribution in [2.45, 2.75) is 97.7 Å². The number of aliphatic hydroxyl groups is 2. The molecule has 8 rings (SSSR count). The summed E-state index contributed by atoms with van der Waals surface area (Å²) in [6, 6.07) is 7.32. The number of aryl methyl sites for hydroxylation is 2. The molecule has 0 fully saturated rings. The molecule has 6 aromatic heterocycles. The van der Waals surface area contributed by atoms with Crippen LogP contribution in [0.25, 0.3) is 30.4 Å². The maximum Gasteiger partial charge on any atom is 0.333 e. The van der Waals surface area contributed by atoms with Gasteiger partial charge in [0.2, 0.25) is 0 Å². The molecule has 0 bridgehead atoms. The standard InChI is InChI=1S/C25H28FN5O5S.C22H22FN5O6S/c1-6-7-19(33)25(3,4)30-21(34)20-14(2)22(31-27-10-11-28-31)37-23(20)29(24(30)35)13-17(32)16-12-15(26)8-9-18(16)36-5;1-11-16-17(30)27(22(2,3)20(31)32)21(33)26(19(16)35-18(11)28-24-7-8-25-28)10-14(29)13-9-12(23)5-6-15(13)34-4/h8-12,17,32H,6-7,13H2,1-5H3;5-9,14,29H,10H2,1-4H3,(H,31,32)/t17-;14-/m11/s1. The van der Waals surface area contributed by atoms with Crippen molar-refractivity contribution in [2.75, 3.05) is 14.2 Å². The van der Waals surface area contributed by atoms with Crippen molar-refractivity contribution in [2.24, 2.45) is 0 Å². The average molecular weight is 1030 g/mol. The Labute approximate surface area is 415 Å². The van der Waals surface area contributed by atoms with Gasteiger partial charge in [0.15, 0.2) is 5.78 Å². The number of carboxylic acid groups (broad SMARTS) is 1. The Morgan fingerprint density at radius 3 is 1.39 bits per heavy atom. The van der Waals surface area contributed by atoms with Crippen molar-refractivity contribution >= 4 is 54.9 Å². The number of hydrogen-bond donors (Lipinski definition) is 3. The van der Waals surface area contributed by atoms with Crippen LogP contribution in [0.5, 0.6) is 11.5 Å². The first-order valence-electron chi connectivity index (χ1n) is 22.1. The summed E-state index contributed by atoms with van der Waals surface area (Å²) < 4.78 is 42.4. The number of benzene rings is 2. The van der Waals surface area contributed by atoms with Crippen LogP contribution >= 0.6 is 22.7 Å². The number of nitrogens with zero attached hydrogens (tertiary/aromatic N) is 10. The quantitative estimate of drug-likeness (QED) is 0.116. The van der Waals surface area contributed by atoms with E-state index >= 15 is 0 Å². The van der Waals surface area contributed by atoms with E-state index in [2.05, 4.69) is 20.4 Å². The number of ether oxygens (including phenoxy) is 2. The van der Waals surface area contributed by atoms with E-state index in [1.807, 2.05) is 6.92 Å². The van der Waals surface area contributed by atoms with Gasteiger partial charge in [-0.05, 0) is 84.4 Å². The maximum atomic E-state index is 14.0. The molecule has 0 aliphatic rings. The Hall–Kier alpha value is -7.48. The zero-order chi connectivity index (χ0) is 52.7. The molecule has 0 saturated carbocycles. The molecule has 0 spiro atoms. The van der Waals surface area contributed by atoms with Crippen molar-refractivity contribution in [1.82, 2.24) is 48.3 Å². The van der Waals surface area contributed by atoms with Crippen LogP contribution in [0.3, 0.4) is 0 Å². The molecule has 25 heteroatoms. The van der Waals surface area contributed by atoms with Crippen LogP contribution < -0.4 is 32.0 Å². The molecule has 0 aliphatic carbocycles. The van der Waals surface area contributed by atoms with E-state index in [1.165, 1.54) is 105 Å². The molecule has 0 saturated heterocycles. The summed E-state index contributed by atoms with van der Waals surface area (Å²) in [7, 11) is 2.75. The van der Waals surface area contributed by atoms with Crippen LogP contribution in [0.15, 0.2) is 80.4 Å². The van der Waals surface area contributed by atoms with Crippen LogP contribution in [0.1, 0.15) is 81.9 Å². The highest BCUT2D eigenvalue weighted by Gasteiger charge is 2.37. The van der Waals surface area contributed by atoms with Crippen molar-refractivity contribution in [3.63, 3.8) is 0 Å². The molecule has 21 nitrogen and oxygen atoms in total. The van der Waals surface area contributed by atoms with Crippen molar-refractivity contribution < 1.29 is 43.2 Å². The van der Waals surface area contributed by atoms with E-state index in [4.69, 9.17) is 9.47 Å². The number of Topliss-reactive ketones (excluding diaryl/α,β-unsaturated/α-hetero) is 1. The summed E-state index contributed by atoms with van der Waals surface area (Å²) >= 11 is 2.15. The minimum atomic E-state index is -1.90. The van der Waals surface area contributed by atoms with E-state index in [9.17, 15) is 52.9 Å². The third-order valence-electron chi connectivity index (χ3n) is 12.2. The SMILES string of the molecule is CCCC(=O)C(C)(C)n1c(=O)c2c(C)c(-n3nccn3)sc2n(C[C@@H](O)c2cc(F)ccc2OC)c1=O.COc1ccc(F)cc1[C@H](O)Cn1c(=O)n(C(C)(C)C(=O)O)c(=O)c2c(C)c(-n3nccn3)sc21. The van der Waals surface area contributed by atoms with Crippen LogP contribution in [0.2, 0.25) is 0 Å². The number of halogens is 2. The number of aliphatic hydroxyl groups excluding tert-OH is 2. The number of carbonyl (C=O) groups is 2. The minimum absolute atomic E-state index is 0.0880. The average Bonchev–Trinajstić information content (AvgIpc) is 4.17. The molecule has 72 heavy (non-hydrogen) atoms. The van der Waals surface area contributed by atoms with Gasteiger partial charge in [-0.3, -0.25) is 23.5 Å². The summed E-state index contributed by atoms with van der Waals surface area (Å²) in [6.45, 7) is 10.0. The van der Waals surface area contributed by atoms with E-state index in [1.54, 1.807) is 13.8 Å². The highest BCUT2D eigenvalue weighted by Crippen LogP contribution is 2.35. The van der Waals surface area contributed by atoms with Gasteiger partial charge in [0.05, 0.1) is 62.9 Å². The van der Waals surface area contributed by atoms with Gasteiger partial charge in [-0.1, -0.05) is 29.6 Å². The molecule has 3 N–H and O–H groups in total. The zero-order valence-electron chi connectivity index (χ0n) is 40.4. The molecule has 2 atom stereocenters. The number of aromatic nitrogens is 10. The second kappa shape index (κ2) is 20.3. The predicted octanol–water partition coefficient (Wildman–Crippen LogP) is 4.91. The number of ketones is 1. The molecule has 2 aromatic carbocycles. The van der Waals surface area contributed by atoms with Crippen molar-refractivity contribution in [3.8, 4) is 21.5 Å². The number of carboxylic acids is 1. The van der Waals surface area contributed by atoms with E-state index in [0.717, 1.165) is 43.9 Å².